The van der Waals surface area contributed by atoms with E-state index in [4.69, 9.17) is 14.2 Å². The van der Waals surface area contributed by atoms with Crippen LogP contribution < -0.4 is 4.74 Å². The van der Waals surface area contributed by atoms with Gasteiger partial charge in [0.1, 0.15) is 18.1 Å². The Kier molecular flexibility index (Phi) is 6.95. The van der Waals surface area contributed by atoms with Gasteiger partial charge in [-0.25, -0.2) is 0 Å². The molecular weight excluding hydrogens is 400 g/mol. The molecule has 1 aliphatic carbocycles. The number of rotatable bonds is 9. The van der Waals surface area contributed by atoms with E-state index in [2.05, 4.69) is 0 Å². The lowest BCUT2D eigenvalue weighted by atomic mass is 9.75. The van der Waals surface area contributed by atoms with Gasteiger partial charge >= 0.3 is 11.9 Å². The minimum atomic E-state index is -0.847. The largest absolute Gasteiger partial charge is 0.508 e. The zero-order valence-corrected chi connectivity index (χ0v) is 17.7. The van der Waals surface area contributed by atoms with Crippen LogP contribution in [0.2, 0.25) is 0 Å². The van der Waals surface area contributed by atoms with Crippen molar-refractivity contribution in [1.82, 2.24) is 0 Å². The molecule has 1 aliphatic rings. The summed E-state index contributed by atoms with van der Waals surface area (Å²) >= 11 is 0. The number of hydrogen-bond donors (Lipinski definition) is 1. The fourth-order valence-electron chi connectivity index (χ4n) is 3.92. The van der Waals surface area contributed by atoms with Crippen LogP contribution in [0.5, 0.6) is 11.5 Å². The molecule has 2 aromatic rings. The summed E-state index contributed by atoms with van der Waals surface area (Å²) in [6, 6.07) is 12.1. The van der Waals surface area contributed by atoms with Crippen LogP contribution in [0.4, 0.5) is 0 Å². The highest BCUT2D eigenvalue weighted by molar-refractivity contribution is 6.05. The van der Waals surface area contributed by atoms with Gasteiger partial charge in [-0.05, 0) is 54.7 Å². The number of aromatic hydroxyl groups is 1. The predicted octanol–water partition coefficient (Wildman–Crippen LogP) is 3.60. The van der Waals surface area contributed by atoms with Crippen molar-refractivity contribution in [2.45, 2.75) is 38.7 Å². The van der Waals surface area contributed by atoms with Crippen molar-refractivity contribution in [3.8, 4) is 11.5 Å². The van der Waals surface area contributed by atoms with Gasteiger partial charge in [-0.3, -0.25) is 14.4 Å². The van der Waals surface area contributed by atoms with Crippen molar-refractivity contribution >= 4 is 17.7 Å². The SMILES string of the molecule is COC(=O)CCC1(CCC(=O)OC)Cc2ccc(OCc3ccc(O)cc3)cc2C1=O. The van der Waals surface area contributed by atoms with Crippen LogP contribution in [-0.2, 0) is 32.1 Å². The summed E-state index contributed by atoms with van der Waals surface area (Å²) in [7, 11) is 2.62. The van der Waals surface area contributed by atoms with E-state index in [-0.39, 0.29) is 36.3 Å². The second kappa shape index (κ2) is 9.64. The van der Waals surface area contributed by atoms with Crippen molar-refractivity contribution in [2.75, 3.05) is 14.2 Å². The molecule has 0 atom stereocenters. The van der Waals surface area contributed by atoms with Crippen LogP contribution in [0.15, 0.2) is 42.5 Å². The van der Waals surface area contributed by atoms with Crippen LogP contribution in [0.1, 0.15) is 47.2 Å². The molecule has 164 valence electrons. The maximum Gasteiger partial charge on any atom is 0.305 e. The molecule has 0 saturated heterocycles. The number of Topliss-reactive ketones (excluding diaryl/α,β-unsaturated/α-hetero) is 1. The van der Waals surface area contributed by atoms with E-state index >= 15 is 0 Å². The van der Waals surface area contributed by atoms with E-state index in [1.807, 2.05) is 12.1 Å². The highest BCUT2D eigenvalue weighted by Gasteiger charge is 2.45. The van der Waals surface area contributed by atoms with E-state index in [1.165, 1.54) is 14.2 Å². The Morgan fingerprint density at radius 3 is 2.16 bits per heavy atom. The Bertz CT molecular complexity index is 942. The van der Waals surface area contributed by atoms with Gasteiger partial charge in [-0.2, -0.15) is 0 Å². The fourth-order valence-corrected chi connectivity index (χ4v) is 3.92. The number of hydrogen-bond acceptors (Lipinski definition) is 7. The first kappa shape index (κ1) is 22.3. The zero-order valence-electron chi connectivity index (χ0n) is 17.7. The Hall–Kier alpha value is -3.35. The summed E-state index contributed by atoms with van der Waals surface area (Å²) in [5.74, 6) is -0.136. The third kappa shape index (κ3) is 5.23. The molecule has 0 bridgehead atoms. The van der Waals surface area contributed by atoms with Gasteiger partial charge in [-0.1, -0.05) is 18.2 Å². The van der Waals surface area contributed by atoms with E-state index in [9.17, 15) is 19.5 Å². The van der Waals surface area contributed by atoms with Gasteiger partial charge in [0.05, 0.1) is 14.2 Å². The Morgan fingerprint density at radius 1 is 0.968 bits per heavy atom. The lowest BCUT2D eigenvalue weighted by Crippen LogP contribution is -2.30. The molecular formula is C24H26O7. The van der Waals surface area contributed by atoms with Crippen LogP contribution in [0.25, 0.3) is 0 Å². The van der Waals surface area contributed by atoms with Gasteiger partial charge in [0, 0.05) is 23.8 Å². The van der Waals surface area contributed by atoms with Gasteiger partial charge in [0.15, 0.2) is 5.78 Å². The molecule has 7 heteroatoms. The number of methoxy groups -OCH3 is 2. The molecule has 0 aromatic heterocycles. The molecule has 31 heavy (non-hydrogen) atoms. The van der Waals surface area contributed by atoms with E-state index in [0.717, 1.165) is 11.1 Å². The number of phenols is 1. The van der Waals surface area contributed by atoms with Crippen LogP contribution in [-0.4, -0.2) is 37.0 Å². The minimum absolute atomic E-state index is 0.0922. The maximum absolute atomic E-state index is 13.4. The number of ether oxygens (including phenoxy) is 3. The summed E-state index contributed by atoms with van der Waals surface area (Å²) in [6.07, 6.45) is 1.25. The Balaban J connectivity index is 1.77. The number of carbonyl (C=O) groups excluding carboxylic acids is 3. The zero-order chi connectivity index (χ0) is 22.4. The van der Waals surface area contributed by atoms with Crippen molar-refractivity contribution in [3.63, 3.8) is 0 Å². The smallest absolute Gasteiger partial charge is 0.305 e. The fraction of sp³-hybridized carbons (Fsp3) is 0.375. The van der Waals surface area contributed by atoms with Gasteiger partial charge in [-0.15, -0.1) is 0 Å². The summed E-state index contributed by atoms with van der Waals surface area (Å²) in [5, 5.41) is 9.38. The molecule has 0 fully saturated rings. The third-order valence-electron chi connectivity index (χ3n) is 5.75. The lowest BCUT2D eigenvalue weighted by molar-refractivity contribution is -0.141. The molecule has 0 saturated carbocycles. The molecule has 0 aliphatic heterocycles. The van der Waals surface area contributed by atoms with Crippen molar-refractivity contribution in [2.24, 2.45) is 5.41 Å². The van der Waals surface area contributed by atoms with E-state index < -0.39 is 5.41 Å². The second-order valence-electron chi connectivity index (χ2n) is 7.71. The third-order valence-corrected chi connectivity index (χ3v) is 5.75. The molecule has 2 aromatic carbocycles. The molecule has 7 nitrogen and oxygen atoms in total. The monoisotopic (exact) mass is 426 g/mol. The number of esters is 2. The molecule has 0 spiro atoms. The average molecular weight is 426 g/mol. The summed E-state index contributed by atoms with van der Waals surface area (Å²) in [5.41, 5.74) is 1.46. The van der Waals surface area contributed by atoms with Crippen molar-refractivity contribution in [1.29, 1.82) is 0 Å². The molecule has 1 N–H and O–H groups in total. The molecule has 0 unspecified atom stereocenters. The number of carbonyl (C=O) groups is 3. The second-order valence-corrected chi connectivity index (χ2v) is 7.71. The quantitative estimate of drug-likeness (QED) is 0.612. The molecule has 0 radical (unpaired) electrons. The summed E-state index contributed by atoms with van der Waals surface area (Å²) in [6.45, 7) is 0.295. The van der Waals surface area contributed by atoms with Gasteiger partial charge < -0.3 is 19.3 Å². The standard InChI is InChI=1S/C24H26O7/c1-29-21(26)9-11-24(12-10-22(27)30-2)14-17-5-8-19(13-20(17)23(24)28)31-15-16-3-6-18(25)7-4-16/h3-8,13,25H,9-12,14-15H2,1-2H3. The highest BCUT2D eigenvalue weighted by atomic mass is 16.5. The number of ketones is 1. The number of fused-ring (bicyclic) bond motifs is 1. The Morgan fingerprint density at radius 2 is 1.58 bits per heavy atom. The highest BCUT2D eigenvalue weighted by Crippen LogP contribution is 2.45. The molecule has 3 rings (SSSR count). The van der Waals surface area contributed by atoms with Crippen LogP contribution in [0.3, 0.4) is 0 Å². The molecule has 0 heterocycles. The first-order valence-electron chi connectivity index (χ1n) is 10.1. The number of benzene rings is 2. The summed E-state index contributed by atoms with van der Waals surface area (Å²) < 4.78 is 15.3. The normalized spacial score (nSPS) is 14.1. The predicted molar refractivity (Wildman–Crippen MR) is 112 cm³/mol. The number of phenolic OH excluding ortho intramolecular Hbond substituents is 1. The molecule has 0 amide bonds. The van der Waals surface area contributed by atoms with Crippen LogP contribution in [0, 0.1) is 5.41 Å². The average Bonchev–Trinajstić information content (AvgIpc) is 3.07. The van der Waals surface area contributed by atoms with Gasteiger partial charge in [0.2, 0.25) is 0 Å². The topological polar surface area (TPSA) is 99.1 Å². The van der Waals surface area contributed by atoms with E-state index in [1.54, 1.807) is 30.3 Å². The van der Waals surface area contributed by atoms with Crippen molar-refractivity contribution in [3.05, 3.63) is 59.2 Å². The van der Waals surface area contributed by atoms with Gasteiger partial charge in [0.25, 0.3) is 0 Å². The lowest BCUT2D eigenvalue weighted by Gasteiger charge is -2.26. The van der Waals surface area contributed by atoms with Crippen molar-refractivity contribution < 1.29 is 33.7 Å². The van der Waals surface area contributed by atoms with E-state index in [0.29, 0.717) is 37.2 Å². The van der Waals surface area contributed by atoms with Crippen LogP contribution >= 0.6 is 0 Å². The summed E-state index contributed by atoms with van der Waals surface area (Å²) in [4.78, 5) is 36.8. The Labute approximate surface area is 180 Å². The first-order valence-corrected chi connectivity index (χ1v) is 10.1. The minimum Gasteiger partial charge on any atom is -0.508 e. The first-order chi connectivity index (χ1) is 14.9. The maximum atomic E-state index is 13.4.